The summed E-state index contributed by atoms with van der Waals surface area (Å²) in [6.07, 6.45) is 1.94. The molecule has 0 aromatic heterocycles. The highest BCUT2D eigenvalue weighted by atomic mass is 16.5. The minimum absolute atomic E-state index is 0.143. The first kappa shape index (κ1) is 17.0. The van der Waals surface area contributed by atoms with Crippen LogP contribution in [0.1, 0.15) is 24.0 Å². The van der Waals surface area contributed by atoms with Crippen molar-refractivity contribution in [3.63, 3.8) is 0 Å². The van der Waals surface area contributed by atoms with Crippen LogP contribution in [0.4, 0.5) is 0 Å². The molecule has 130 valence electrons. The Morgan fingerprint density at radius 3 is 2.56 bits per heavy atom. The number of nitrogens with zero attached hydrogens (tertiary/aromatic N) is 1. The predicted molar refractivity (Wildman–Crippen MR) is 93.6 cm³/mol. The molecule has 5 nitrogen and oxygen atoms in total. The standard InChI is InChI=1S/C20H21NO4/c22-19(21-12-6-10-17(21)20(23)24)14-25-18-11-5-4-9-16(18)13-15-7-2-1-3-8-15/h1-5,7-9,11,17H,6,10,12-14H2,(H,23,24). The maximum Gasteiger partial charge on any atom is 0.326 e. The Kier molecular flexibility index (Phi) is 5.33. The van der Waals surface area contributed by atoms with E-state index in [9.17, 15) is 14.7 Å². The lowest BCUT2D eigenvalue weighted by Crippen LogP contribution is -2.42. The largest absolute Gasteiger partial charge is 0.483 e. The van der Waals surface area contributed by atoms with E-state index in [1.165, 1.54) is 4.90 Å². The summed E-state index contributed by atoms with van der Waals surface area (Å²) in [6.45, 7) is 0.334. The van der Waals surface area contributed by atoms with Crippen molar-refractivity contribution in [2.24, 2.45) is 0 Å². The zero-order valence-corrected chi connectivity index (χ0v) is 13.9. The summed E-state index contributed by atoms with van der Waals surface area (Å²) >= 11 is 0. The second-order valence-corrected chi connectivity index (χ2v) is 6.14. The van der Waals surface area contributed by atoms with Gasteiger partial charge in [0.1, 0.15) is 11.8 Å². The van der Waals surface area contributed by atoms with Crippen LogP contribution in [0.5, 0.6) is 5.75 Å². The highest BCUT2D eigenvalue weighted by Gasteiger charge is 2.33. The van der Waals surface area contributed by atoms with Crippen molar-refractivity contribution in [3.8, 4) is 5.75 Å². The Balaban J connectivity index is 1.65. The topological polar surface area (TPSA) is 66.8 Å². The summed E-state index contributed by atoms with van der Waals surface area (Å²) < 4.78 is 5.73. The zero-order chi connectivity index (χ0) is 17.6. The zero-order valence-electron chi connectivity index (χ0n) is 13.9. The number of ether oxygens (including phenoxy) is 1. The van der Waals surface area contributed by atoms with Gasteiger partial charge in [-0.25, -0.2) is 4.79 Å². The summed E-state index contributed by atoms with van der Waals surface area (Å²) in [4.78, 5) is 25.0. The maximum atomic E-state index is 12.3. The summed E-state index contributed by atoms with van der Waals surface area (Å²) in [5.41, 5.74) is 2.16. The molecule has 1 unspecified atom stereocenters. The Hall–Kier alpha value is -2.82. The lowest BCUT2D eigenvalue weighted by atomic mass is 10.0. The maximum absolute atomic E-state index is 12.3. The molecule has 0 spiro atoms. The molecule has 1 amide bonds. The van der Waals surface area contributed by atoms with Gasteiger partial charge in [-0.15, -0.1) is 0 Å². The average molecular weight is 339 g/mol. The molecule has 1 heterocycles. The number of aliphatic carboxylic acids is 1. The number of carboxylic acids is 1. The Morgan fingerprint density at radius 1 is 1.08 bits per heavy atom. The minimum atomic E-state index is -0.949. The molecule has 1 saturated heterocycles. The van der Waals surface area contributed by atoms with Gasteiger partial charge in [-0.05, 0) is 30.0 Å². The van der Waals surface area contributed by atoms with E-state index in [2.05, 4.69) is 0 Å². The number of rotatable bonds is 6. The fourth-order valence-electron chi connectivity index (χ4n) is 3.15. The molecule has 2 aromatic rings. The van der Waals surface area contributed by atoms with Crippen molar-refractivity contribution in [3.05, 3.63) is 65.7 Å². The first-order valence-corrected chi connectivity index (χ1v) is 8.42. The highest BCUT2D eigenvalue weighted by Crippen LogP contribution is 2.22. The highest BCUT2D eigenvalue weighted by molar-refractivity contribution is 5.85. The molecule has 3 rings (SSSR count). The van der Waals surface area contributed by atoms with E-state index < -0.39 is 12.0 Å². The van der Waals surface area contributed by atoms with E-state index in [-0.39, 0.29) is 12.5 Å². The van der Waals surface area contributed by atoms with Crippen molar-refractivity contribution in [2.75, 3.05) is 13.2 Å². The molecule has 5 heteroatoms. The minimum Gasteiger partial charge on any atom is -0.483 e. The molecule has 25 heavy (non-hydrogen) atoms. The van der Waals surface area contributed by atoms with Crippen LogP contribution in [0.15, 0.2) is 54.6 Å². The number of carboxylic acid groups (broad SMARTS) is 1. The number of carbonyl (C=O) groups is 2. The lowest BCUT2D eigenvalue weighted by molar-refractivity contribution is -0.148. The molecule has 1 aliphatic rings. The van der Waals surface area contributed by atoms with Crippen LogP contribution in [0.2, 0.25) is 0 Å². The third-order valence-electron chi connectivity index (χ3n) is 4.42. The number of amides is 1. The molecular formula is C20H21NO4. The van der Waals surface area contributed by atoms with Gasteiger partial charge in [-0.3, -0.25) is 4.79 Å². The summed E-state index contributed by atoms with van der Waals surface area (Å²) in [5, 5.41) is 9.19. The van der Waals surface area contributed by atoms with Gasteiger partial charge in [0.25, 0.3) is 5.91 Å². The van der Waals surface area contributed by atoms with Gasteiger partial charge in [-0.1, -0.05) is 48.5 Å². The first-order valence-electron chi connectivity index (χ1n) is 8.42. The van der Waals surface area contributed by atoms with E-state index in [4.69, 9.17) is 4.74 Å². The fourth-order valence-corrected chi connectivity index (χ4v) is 3.15. The van der Waals surface area contributed by atoms with E-state index in [0.29, 0.717) is 31.6 Å². The molecule has 0 saturated carbocycles. The third kappa shape index (κ3) is 4.18. The van der Waals surface area contributed by atoms with Crippen molar-refractivity contribution in [1.82, 2.24) is 4.90 Å². The normalized spacial score (nSPS) is 16.6. The van der Waals surface area contributed by atoms with Gasteiger partial charge < -0.3 is 14.7 Å². The summed E-state index contributed by atoms with van der Waals surface area (Å²) in [7, 11) is 0. The Bertz CT molecular complexity index is 744. The Morgan fingerprint density at radius 2 is 1.80 bits per heavy atom. The number of likely N-dealkylation sites (tertiary alicyclic amines) is 1. The van der Waals surface area contributed by atoms with Gasteiger partial charge in [0.15, 0.2) is 6.61 Å². The molecule has 0 radical (unpaired) electrons. The van der Waals surface area contributed by atoms with Crippen molar-refractivity contribution >= 4 is 11.9 Å². The van der Waals surface area contributed by atoms with E-state index in [0.717, 1.165) is 11.1 Å². The van der Waals surface area contributed by atoms with Crippen LogP contribution in [-0.4, -0.2) is 41.1 Å². The molecule has 1 atom stereocenters. The molecule has 1 aliphatic heterocycles. The third-order valence-corrected chi connectivity index (χ3v) is 4.42. The predicted octanol–water partition coefficient (Wildman–Crippen LogP) is 2.73. The molecule has 0 aliphatic carbocycles. The van der Waals surface area contributed by atoms with Crippen LogP contribution in [0.3, 0.4) is 0 Å². The van der Waals surface area contributed by atoms with E-state index >= 15 is 0 Å². The number of benzene rings is 2. The van der Waals surface area contributed by atoms with Gasteiger partial charge in [0, 0.05) is 13.0 Å². The van der Waals surface area contributed by atoms with E-state index in [1.54, 1.807) is 0 Å². The van der Waals surface area contributed by atoms with Crippen LogP contribution in [0.25, 0.3) is 0 Å². The lowest BCUT2D eigenvalue weighted by Gasteiger charge is -2.21. The van der Waals surface area contributed by atoms with Crippen LogP contribution < -0.4 is 4.74 Å². The Labute approximate surface area is 146 Å². The van der Waals surface area contributed by atoms with Crippen molar-refractivity contribution in [2.45, 2.75) is 25.3 Å². The second-order valence-electron chi connectivity index (χ2n) is 6.14. The number of para-hydroxylation sites is 1. The number of carbonyl (C=O) groups excluding carboxylic acids is 1. The molecule has 2 aromatic carbocycles. The average Bonchev–Trinajstić information content (AvgIpc) is 3.12. The van der Waals surface area contributed by atoms with Crippen LogP contribution in [-0.2, 0) is 16.0 Å². The van der Waals surface area contributed by atoms with Crippen LogP contribution in [0, 0.1) is 0 Å². The van der Waals surface area contributed by atoms with Crippen molar-refractivity contribution < 1.29 is 19.4 Å². The quantitative estimate of drug-likeness (QED) is 0.879. The molecule has 1 N–H and O–H groups in total. The fraction of sp³-hybridized carbons (Fsp3) is 0.300. The van der Waals surface area contributed by atoms with Gasteiger partial charge in [0.05, 0.1) is 0 Å². The summed E-state index contributed by atoms with van der Waals surface area (Å²) in [5.74, 6) is -0.569. The molecule has 1 fully saturated rings. The van der Waals surface area contributed by atoms with Gasteiger partial charge >= 0.3 is 5.97 Å². The number of hydrogen-bond donors (Lipinski definition) is 1. The monoisotopic (exact) mass is 339 g/mol. The molecule has 0 bridgehead atoms. The molecular weight excluding hydrogens is 318 g/mol. The van der Waals surface area contributed by atoms with Crippen LogP contribution >= 0.6 is 0 Å². The van der Waals surface area contributed by atoms with Crippen molar-refractivity contribution in [1.29, 1.82) is 0 Å². The SMILES string of the molecule is O=C(O)C1CCCN1C(=O)COc1ccccc1Cc1ccccc1. The smallest absolute Gasteiger partial charge is 0.326 e. The van der Waals surface area contributed by atoms with Gasteiger partial charge in [-0.2, -0.15) is 0 Å². The first-order chi connectivity index (χ1) is 12.1. The number of hydrogen-bond acceptors (Lipinski definition) is 3. The second kappa shape index (κ2) is 7.83. The van der Waals surface area contributed by atoms with E-state index in [1.807, 2.05) is 54.6 Å². The van der Waals surface area contributed by atoms with Gasteiger partial charge in [0.2, 0.25) is 0 Å². The summed E-state index contributed by atoms with van der Waals surface area (Å²) in [6, 6.07) is 16.9.